The highest BCUT2D eigenvalue weighted by molar-refractivity contribution is 5.76. The molecule has 0 spiro atoms. The van der Waals surface area contributed by atoms with E-state index in [1.54, 1.807) is 0 Å². The number of aliphatic hydroxyl groups is 1. The van der Waals surface area contributed by atoms with Crippen LogP contribution in [0.4, 0.5) is 0 Å². The van der Waals surface area contributed by atoms with E-state index in [0.29, 0.717) is 18.8 Å². The summed E-state index contributed by atoms with van der Waals surface area (Å²) in [6.07, 6.45) is 1.82. The van der Waals surface area contributed by atoms with Crippen molar-refractivity contribution in [2.45, 2.75) is 39.2 Å². The van der Waals surface area contributed by atoms with Crippen molar-refractivity contribution >= 4 is 5.91 Å². The molecule has 0 saturated heterocycles. The fraction of sp³-hybridized carbons (Fsp3) is 0.562. The highest BCUT2D eigenvalue weighted by atomic mass is 16.7. The number of aliphatic hydroxyl groups excluding tert-OH is 1. The molecular weight excluding hydrogens is 270 g/mol. The summed E-state index contributed by atoms with van der Waals surface area (Å²) < 4.78 is 10.6. The van der Waals surface area contributed by atoms with Gasteiger partial charge in [0.2, 0.25) is 12.7 Å². The van der Waals surface area contributed by atoms with Crippen LogP contribution in [0.5, 0.6) is 11.5 Å². The zero-order valence-electron chi connectivity index (χ0n) is 12.6. The van der Waals surface area contributed by atoms with Crippen molar-refractivity contribution in [3.63, 3.8) is 0 Å². The smallest absolute Gasteiger partial charge is 0.231 e. The second-order valence-corrected chi connectivity index (χ2v) is 5.76. The minimum Gasteiger partial charge on any atom is -0.454 e. The van der Waals surface area contributed by atoms with Gasteiger partial charge >= 0.3 is 0 Å². The molecule has 21 heavy (non-hydrogen) atoms. The van der Waals surface area contributed by atoms with Crippen molar-refractivity contribution in [1.82, 2.24) is 5.32 Å². The first-order valence-electron chi connectivity index (χ1n) is 7.37. The summed E-state index contributed by atoms with van der Waals surface area (Å²) in [7, 11) is 0. The molecule has 0 radical (unpaired) electrons. The SMILES string of the molecule is CC(C)CC(CO)NC(=O)CCc1ccc2c(c1)OCO2. The van der Waals surface area contributed by atoms with Crippen LogP contribution in [0.25, 0.3) is 0 Å². The second-order valence-electron chi connectivity index (χ2n) is 5.76. The van der Waals surface area contributed by atoms with E-state index in [9.17, 15) is 9.90 Å². The summed E-state index contributed by atoms with van der Waals surface area (Å²) in [5, 5.41) is 12.1. The van der Waals surface area contributed by atoms with Crippen molar-refractivity contribution in [2.24, 2.45) is 5.92 Å². The first-order chi connectivity index (χ1) is 10.1. The molecule has 0 aromatic heterocycles. The van der Waals surface area contributed by atoms with E-state index < -0.39 is 0 Å². The van der Waals surface area contributed by atoms with E-state index in [0.717, 1.165) is 23.5 Å². The monoisotopic (exact) mass is 293 g/mol. The van der Waals surface area contributed by atoms with Crippen molar-refractivity contribution in [1.29, 1.82) is 0 Å². The maximum absolute atomic E-state index is 11.9. The Balaban J connectivity index is 1.80. The molecule has 1 aromatic carbocycles. The quantitative estimate of drug-likeness (QED) is 0.805. The number of fused-ring (bicyclic) bond motifs is 1. The number of nitrogens with one attached hydrogen (secondary N) is 1. The van der Waals surface area contributed by atoms with Crippen LogP contribution in [0.1, 0.15) is 32.3 Å². The molecule has 1 amide bonds. The topological polar surface area (TPSA) is 67.8 Å². The van der Waals surface area contributed by atoms with E-state index in [-0.39, 0.29) is 25.3 Å². The Morgan fingerprint density at radius 2 is 2.10 bits per heavy atom. The number of ether oxygens (including phenoxy) is 2. The van der Waals surface area contributed by atoms with E-state index in [1.165, 1.54) is 0 Å². The number of hydrogen-bond donors (Lipinski definition) is 2. The van der Waals surface area contributed by atoms with Crippen molar-refractivity contribution < 1.29 is 19.4 Å². The molecule has 1 aliphatic heterocycles. The molecule has 2 N–H and O–H groups in total. The fourth-order valence-electron chi connectivity index (χ4n) is 2.40. The van der Waals surface area contributed by atoms with Gasteiger partial charge in [-0.05, 0) is 36.5 Å². The van der Waals surface area contributed by atoms with E-state index >= 15 is 0 Å². The van der Waals surface area contributed by atoms with Gasteiger partial charge in [-0.2, -0.15) is 0 Å². The molecule has 1 unspecified atom stereocenters. The van der Waals surface area contributed by atoms with Gasteiger partial charge in [0.15, 0.2) is 11.5 Å². The van der Waals surface area contributed by atoms with Gasteiger partial charge in [-0.15, -0.1) is 0 Å². The average Bonchev–Trinajstić information content (AvgIpc) is 2.91. The van der Waals surface area contributed by atoms with E-state index in [2.05, 4.69) is 19.2 Å². The molecule has 0 fully saturated rings. The predicted molar refractivity (Wildman–Crippen MR) is 79.4 cm³/mol. The molecule has 0 bridgehead atoms. The molecule has 0 aliphatic carbocycles. The summed E-state index contributed by atoms with van der Waals surface area (Å²) in [6, 6.07) is 5.56. The summed E-state index contributed by atoms with van der Waals surface area (Å²) >= 11 is 0. The maximum atomic E-state index is 11.9. The number of hydrogen-bond acceptors (Lipinski definition) is 4. The number of amides is 1. The van der Waals surface area contributed by atoms with Crippen LogP contribution < -0.4 is 14.8 Å². The maximum Gasteiger partial charge on any atom is 0.231 e. The molecular formula is C16H23NO4. The largest absolute Gasteiger partial charge is 0.454 e. The molecule has 2 rings (SSSR count). The third-order valence-corrected chi connectivity index (χ3v) is 3.42. The highest BCUT2D eigenvalue weighted by Gasteiger charge is 2.15. The molecule has 1 aliphatic rings. The third-order valence-electron chi connectivity index (χ3n) is 3.42. The first-order valence-corrected chi connectivity index (χ1v) is 7.37. The van der Waals surface area contributed by atoms with Gasteiger partial charge in [-0.3, -0.25) is 4.79 Å². The predicted octanol–water partition coefficient (Wildman–Crippen LogP) is 1.87. The summed E-state index contributed by atoms with van der Waals surface area (Å²) in [4.78, 5) is 11.9. The number of rotatable bonds is 7. The number of benzene rings is 1. The first kappa shape index (κ1) is 15.6. The minimum atomic E-state index is -0.158. The second kappa shape index (κ2) is 7.31. The van der Waals surface area contributed by atoms with Gasteiger partial charge in [-0.25, -0.2) is 0 Å². The fourth-order valence-corrected chi connectivity index (χ4v) is 2.40. The number of aryl methyl sites for hydroxylation is 1. The Hall–Kier alpha value is -1.75. The van der Waals surface area contributed by atoms with Crippen LogP contribution in [0.2, 0.25) is 0 Å². The minimum absolute atomic E-state index is 0.0199. The molecule has 1 heterocycles. The van der Waals surface area contributed by atoms with Crippen LogP contribution in [0, 0.1) is 5.92 Å². The van der Waals surface area contributed by atoms with Gasteiger partial charge in [0.05, 0.1) is 12.6 Å². The normalized spacial score (nSPS) is 14.3. The van der Waals surface area contributed by atoms with E-state index in [4.69, 9.17) is 9.47 Å². The Labute approximate surface area is 125 Å². The molecule has 5 heteroatoms. The lowest BCUT2D eigenvalue weighted by Gasteiger charge is -2.18. The number of carbonyl (C=O) groups excluding carboxylic acids is 1. The lowest BCUT2D eigenvalue weighted by Crippen LogP contribution is -2.38. The standard InChI is InChI=1S/C16H23NO4/c1-11(2)7-13(9-18)17-16(19)6-4-12-3-5-14-15(8-12)21-10-20-14/h3,5,8,11,13,18H,4,6-7,9-10H2,1-2H3,(H,17,19). The summed E-state index contributed by atoms with van der Waals surface area (Å²) in [5.41, 5.74) is 1.04. The van der Waals surface area contributed by atoms with Gasteiger partial charge in [0, 0.05) is 6.42 Å². The Morgan fingerprint density at radius 1 is 1.33 bits per heavy atom. The third kappa shape index (κ3) is 4.63. The van der Waals surface area contributed by atoms with E-state index in [1.807, 2.05) is 18.2 Å². The molecule has 1 atom stereocenters. The Bertz CT molecular complexity index is 487. The van der Waals surface area contributed by atoms with Gasteiger partial charge in [0.1, 0.15) is 0 Å². The van der Waals surface area contributed by atoms with Crippen LogP contribution >= 0.6 is 0 Å². The van der Waals surface area contributed by atoms with Gasteiger partial charge < -0.3 is 19.9 Å². The highest BCUT2D eigenvalue weighted by Crippen LogP contribution is 2.32. The van der Waals surface area contributed by atoms with Gasteiger partial charge in [0.25, 0.3) is 0 Å². The lowest BCUT2D eigenvalue weighted by atomic mass is 10.0. The zero-order chi connectivity index (χ0) is 15.2. The van der Waals surface area contributed by atoms with Crippen molar-refractivity contribution in [3.8, 4) is 11.5 Å². The van der Waals surface area contributed by atoms with Crippen LogP contribution in [0.3, 0.4) is 0 Å². The molecule has 1 aromatic rings. The van der Waals surface area contributed by atoms with Gasteiger partial charge in [-0.1, -0.05) is 19.9 Å². The molecule has 0 saturated carbocycles. The van der Waals surface area contributed by atoms with Crippen molar-refractivity contribution in [3.05, 3.63) is 23.8 Å². The number of carbonyl (C=O) groups is 1. The molecule has 5 nitrogen and oxygen atoms in total. The summed E-state index contributed by atoms with van der Waals surface area (Å²) in [6.45, 7) is 4.38. The van der Waals surface area contributed by atoms with Crippen LogP contribution in [-0.4, -0.2) is 30.5 Å². The van der Waals surface area contributed by atoms with Crippen molar-refractivity contribution in [2.75, 3.05) is 13.4 Å². The average molecular weight is 293 g/mol. The van der Waals surface area contributed by atoms with Crippen LogP contribution in [-0.2, 0) is 11.2 Å². The van der Waals surface area contributed by atoms with Crippen LogP contribution in [0.15, 0.2) is 18.2 Å². The lowest BCUT2D eigenvalue weighted by molar-refractivity contribution is -0.122. The Kier molecular flexibility index (Phi) is 5.44. The summed E-state index contributed by atoms with van der Waals surface area (Å²) in [5.74, 6) is 1.89. The Morgan fingerprint density at radius 3 is 2.81 bits per heavy atom. The zero-order valence-corrected chi connectivity index (χ0v) is 12.6. The molecule has 116 valence electrons.